The lowest BCUT2D eigenvalue weighted by atomic mass is 10.1. The molecule has 124 valence electrons. The first-order valence-electron chi connectivity index (χ1n) is 7.61. The average Bonchev–Trinajstić information content (AvgIpc) is 2.91. The first kappa shape index (κ1) is 16.0. The van der Waals surface area contributed by atoms with Crippen molar-refractivity contribution < 1.29 is 19.4 Å². The van der Waals surface area contributed by atoms with Gasteiger partial charge in [0, 0.05) is 12.2 Å². The van der Waals surface area contributed by atoms with Crippen LogP contribution in [0.15, 0.2) is 53.7 Å². The van der Waals surface area contributed by atoms with Crippen LogP contribution in [-0.4, -0.2) is 48.7 Å². The number of carbonyl (C=O) groups is 2. The summed E-state index contributed by atoms with van der Waals surface area (Å²) in [5.74, 6) is -0.871. The molecule has 0 saturated heterocycles. The van der Waals surface area contributed by atoms with Crippen LogP contribution in [0.25, 0.3) is 10.8 Å². The summed E-state index contributed by atoms with van der Waals surface area (Å²) < 4.78 is 4.77. The normalized spacial score (nSPS) is 14.4. The Morgan fingerprint density at radius 1 is 1.25 bits per heavy atom. The maximum atomic E-state index is 12.5. The zero-order valence-corrected chi connectivity index (χ0v) is 13.3. The SMILES string of the molecule is COC(=O)C1=C(Nc2ccc3ccccc3c2)C(=O)N(CCO)C1. The van der Waals surface area contributed by atoms with E-state index in [1.165, 1.54) is 12.0 Å². The van der Waals surface area contributed by atoms with Gasteiger partial charge < -0.3 is 20.1 Å². The molecule has 0 atom stereocenters. The lowest BCUT2D eigenvalue weighted by Crippen LogP contribution is -2.31. The quantitative estimate of drug-likeness (QED) is 0.815. The van der Waals surface area contributed by atoms with E-state index in [1.807, 2.05) is 42.5 Å². The molecule has 0 spiro atoms. The Hall–Kier alpha value is -2.86. The minimum absolute atomic E-state index is 0.127. The number of fused-ring (bicyclic) bond motifs is 1. The minimum Gasteiger partial charge on any atom is -0.466 e. The first-order chi connectivity index (χ1) is 11.6. The van der Waals surface area contributed by atoms with Crippen LogP contribution >= 0.6 is 0 Å². The molecule has 0 aliphatic carbocycles. The molecule has 0 radical (unpaired) electrons. The number of aliphatic hydroxyl groups is 1. The average molecular weight is 326 g/mol. The first-order valence-corrected chi connectivity index (χ1v) is 7.61. The number of nitrogens with one attached hydrogen (secondary N) is 1. The van der Waals surface area contributed by atoms with Gasteiger partial charge in [-0.15, -0.1) is 0 Å². The fourth-order valence-corrected chi connectivity index (χ4v) is 2.76. The monoisotopic (exact) mass is 326 g/mol. The van der Waals surface area contributed by atoms with Gasteiger partial charge in [0.25, 0.3) is 5.91 Å². The lowest BCUT2D eigenvalue weighted by Gasteiger charge is -2.15. The van der Waals surface area contributed by atoms with Gasteiger partial charge >= 0.3 is 5.97 Å². The van der Waals surface area contributed by atoms with E-state index < -0.39 is 5.97 Å². The van der Waals surface area contributed by atoms with Crippen molar-refractivity contribution in [1.82, 2.24) is 4.90 Å². The highest BCUT2D eigenvalue weighted by Crippen LogP contribution is 2.25. The second-order valence-electron chi connectivity index (χ2n) is 5.48. The van der Waals surface area contributed by atoms with Gasteiger partial charge in [-0.05, 0) is 22.9 Å². The second-order valence-corrected chi connectivity index (χ2v) is 5.48. The topological polar surface area (TPSA) is 78.9 Å². The predicted octanol–water partition coefficient (Wildman–Crippen LogP) is 1.51. The maximum absolute atomic E-state index is 12.5. The summed E-state index contributed by atoms with van der Waals surface area (Å²) in [4.78, 5) is 25.9. The summed E-state index contributed by atoms with van der Waals surface area (Å²) in [7, 11) is 1.28. The number of esters is 1. The highest BCUT2D eigenvalue weighted by molar-refractivity contribution is 6.08. The molecule has 0 unspecified atom stereocenters. The summed E-state index contributed by atoms with van der Waals surface area (Å²) >= 11 is 0. The van der Waals surface area contributed by atoms with E-state index in [1.54, 1.807) is 0 Å². The summed E-state index contributed by atoms with van der Waals surface area (Å²) in [6, 6.07) is 13.6. The number of benzene rings is 2. The number of carbonyl (C=O) groups excluding carboxylic acids is 2. The highest BCUT2D eigenvalue weighted by Gasteiger charge is 2.34. The van der Waals surface area contributed by atoms with E-state index in [0.717, 1.165) is 10.8 Å². The molecule has 0 saturated carbocycles. The van der Waals surface area contributed by atoms with E-state index in [-0.39, 0.29) is 36.9 Å². The fraction of sp³-hybridized carbons (Fsp3) is 0.222. The van der Waals surface area contributed by atoms with Gasteiger partial charge in [0.15, 0.2) is 0 Å². The van der Waals surface area contributed by atoms with Gasteiger partial charge in [0.05, 0.1) is 25.8 Å². The van der Waals surface area contributed by atoms with Crippen LogP contribution in [0.4, 0.5) is 5.69 Å². The van der Waals surface area contributed by atoms with Crippen LogP contribution in [0.2, 0.25) is 0 Å². The summed E-state index contributed by atoms with van der Waals surface area (Å²) in [6.07, 6.45) is 0. The maximum Gasteiger partial charge on any atom is 0.337 e. The minimum atomic E-state index is -0.549. The van der Waals surface area contributed by atoms with Crippen molar-refractivity contribution in [3.8, 4) is 0 Å². The Morgan fingerprint density at radius 3 is 2.71 bits per heavy atom. The predicted molar refractivity (Wildman–Crippen MR) is 90.3 cm³/mol. The third-order valence-electron chi connectivity index (χ3n) is 3.97. The summed E-state index contributed by atoms with van der Waals surface area (Å²) in [5, 5.41) is 14.2. The molecule has 0 aromatic heterocycles. The van der Waals surface area contributed by atoms with Crippen molar-refractivity contribution >= 4 is 28.3 Å². The van der Waals surface area contributed by atoms with Crippen molar-refractivity contribution in [3.63, 3.8) is 0 Å². The number of hydrogen-bond acceptors (Lipinski definition) is 5. The zero-order chi connectivity index (χ0) is 17.1. The van der Waals surface area contributed by atoms with Crippen molar-refractivity contribution in [1.29, 1.82) is 0 Å². The standard InChI is InChI=1S/C18H18N2O4/c1-24-18(23)15-11-20(8-9-21)17(22)16(15)19-14-7-6-12-4-2-3-5-13(12)10-14/h2-7,10,19,21H,8-9,11H2,1H3. The zero-order valence-electron chi connectivity index (χ0n) is 13.3. The van der Waals surface area contributed by atoms with E-state index in [9.17, 15) is 9.59 Å². The number of nitrogens with zero attached hydrogens (tertiary/aromatic N) is 1. The van der Waals surface area contributed by atoms with Crippen LogP contribution < -0.4 is 5.32 Å². The van der Waals surface area contributed by atoms with Crippen molar-refractivity contribution in [2.24, 2.45) is 0 Å². The molecule has 2 N–H and O–H groups in total. The van der Waals surface area contributed by atoms with Crippen molar-refractivity contribution in [2.75, 3.05) is 32.1 Å². The van der Waals surface area contributed by atoms with E-state index in [0.29, 0.717) is 5.69 Å². The molecule has 3 rings (SSSR count). The lowest BCUT2D eigenvalue weighted by molar-refractivity contribution is -0.136. The molecule has 1 amide bonds. The Bertz CT molecular complexity index is 829. The third-order valence-corrected chi connectivity index (χ3v) is 3.97. The molecule has 2 aromatic carbocycles. The Morgan fingerprint density at radius 2 is 2.00 bits per heavy atom. The molecule has 2 aromatic rings. The van der Waals surface area contributed by atoms with Crippen LogP contribution in [0.3, 0.4) is 0 Å². The number of ether oxygens (including phenoxy) is 1. The highest BCUT2D eigenvalue weighted by atomic mass is 16.5. The molecule has 6 heteroatoms. The van der Waals surface area contributed by atoms with Crippen LogP contribution in [0.1, 0.15) is 0 Å². The van der Waals surface area contributed by atoms with Crippen LogP contribution in [-0.2, 0) is 14.3 Å². The number of β-amino-alcohol motifs (C(OH)–C–C–N with tert-alkyl or cyclic N) is 1. The fourth-order valence-electron chi connectivity index (χ4n) is 2.76. The molecular weight excluding hydrogens is 308 g/mol. The summed E-state index contributed by atoms with van der Waals surface area (Å²) in [5.41, 5.74) is 1.18. The molecule has 1 heterocycles. The van der Waals surface area contributed by atoms with Gasteiger partial charge in [-0.25, -0.2) is 4.79 Å². The number of aliphatic hydroxyl groups excluding tert-OH is 1. The van der Waals surface area contributed by atoms with E-state index >= 15 is 0 Å². The molecule has 0 bridgehead atoms. The number of methoxy groups -OCH3 is 1. The van der Waals surface area contributed by atoms with Gasteiger partial charge in [-0.3, -0.25) is 4.79 Å². The van der Waals surface area contributed by atoms with Crippen LogP contribution in [0.5, 0.6) is 0 Å². The van der Waals surface area contributed by atoms with Gasteiger partial charge in [0.1, 0.15) is 5.70 Å². The number of hydrogen-bond donors (Lipinski definition) is 2. The van der Waals surface area contributed by atoms with Gasteiger partial charge in [-0.1, -0.05) is 30.3 Å². The van der Waals surface area contributed by atoms with Gasteiger partial charge in [-0.2, -0.15) is 0 Å². The Kier molecular flexibility index (Phi) is 4.48. The van der Waals surface area contributed by atoms with E-state index in [2.05, 4.69) is 5.32 Å². The summed E-state index contributed by atoms with van der Waals surface area (Å²) in [6.45, 7) is 0.133. The van der Waals surface area contributed by atoms with Crippen molar-refractivity contribution in [3.05, 3.63) is 53.7 Å². The molecular formula is C18H18N2O4. The Balaban J connectivity index is 1.93. The molecule has 6 nitrogen and oxygen atoms in total. The van der Waals surface area contributed by atoms with Crippen LogP contribution in [0, 0.1) is 0 Å². The Labute approximate surface area is 139 Å². The smallest absolute Gasteiger partial charge is 0.337 e. The largest absolute Gasteiger partial charge is 0.466 e. The second kappa shape index (κ2) is 6.72. The molecule has 24 heavy (non-hydrogen) atoms. The van der Waals surface area contributed by atoms with E-state index in [4.69, 9.17) is 9.84 Å². The van der Waals surface area contributed by atoms with Crippen molar-refractivity contribution in [2.45, 2.75) is 0 Å². The number of rotatable bonds is 5. The molecule has 1 aliphatic heterocycles. The number of amides is 1. The molecule has 0 fully saturated rings. The van der Waals surface area contributed by atoms with Gasteiger partial charge in [0.2, 0.25) is 0 Å². The number of anilines is 1. The third kappa shape index (κ3) is 2.96. The molecule has 1 aliphatic rings.